The average Bonchev–Trinajstić information content (AvgIpc) is 3.07. The van der Waals surface area contributed by atoms with E-state index in [-0.39, 0.29) is 5.91 Å². The summed E-state index contributed by atoms with van der Waals surface area (Å²) in [7, 11) is 0. The number of nitrogens with one attached hydrogen (secondary N) is 3. The summed E-state index contributed by atoms with van der Waals surface area (Å²) in [5.74, 6) is -0.000599. The number of carbonyl (C=O) groups excluding carboxylic acids is 1. The highest BCUT2D eigenvalue weighted by atomic mass is 16.1. The van der Waals surface area contributed by atoms with Gasteiger partial charge < -0.3 is 15.3 Å². The minimum atomic E-state index is -0.000599. The first kappa shape index (κ1) is 11.5. The van der Waals surface area contributed by atoms with Gasteiger partial charge in [0.15, 0.2) is 0 Å². The van der Waals surface area contributed by atoms with Gasteiger partial charge >= 0.3 is 0 Å². The minimum Gasteiger partial charge on any atom is -0.361 e. The molecule has 1 amide bonds. The molecule has 0 saturated heterocycles. The van der Waals surface area contributed by atoms with E-state index in [1.807, 2.05) is 30.5 Å². The topological polar surface area (TPSA) is 73.6 Å². The van der Waals surface area contributed by atoms with Crippen molar-refractivity contribution in [2.24, 2.45) is 0 Å². The van der Waals surface area contributed by atoms with Crippen LogP contribution in [0.1, 0.15) is 11.3 Å². The molecule has 3 N–H and O–H groups in total. The first-order valence-electron chi connectivity index (χ1n) is 6.12. The third-order valence-electron chi connectivity index (χ3n) is 3.06. The van der Waals surface area contributed by atoms with Gasteiger partial charge in [-0.25, -0.2) is 4.98 Å². The highest BCUT2D eigenvalue weighted by Crippen LogP contribution is 2.17. The fourth-order valence-corrected chi connectivity index (χ4v) is 2.09. The van der Waals surface area contributed by atoms with Crippen molar-refractivity contribution < 1.29 is 4.79 Å². The second kappa shape index (κ2) is 4.97. The Balaban J connectivity index is 1.66. The zero-order chi connectivity index (χ0) is 13.1. The highest BCUT2D eigenvalue weighted by Gasteiger charge is 2.08. The zero-order valence-electron chi connectivity index (χ0n) is 10.3. The molecule has 5 heteroatoms. The summed E-state index contributed by atoms with van der Waals surface area (Å²) in [5.41, 5.74) is 2.96. The van der Waals surface area contributed by atoms with E-state index in [9.17, 15) is 4.79 Å². The van der Waals surface area contributed by atoms with Gasteiger partial charge in [-0.2, -0.15) is 0 Å². The Morgan fingerprint density at radius 1 is 1.26 bits per heavy atom. The Morgan fingerprint density at radius 3 is 3.00 bits per heavy atom. The summed E-state index contributed by atoms with van der Waals surface area (Å²) in [6.45, 7) is 0.473. The maximum absolute atomic E-state index is 11.9. The van der Waals surface area contributed by atoms with Crippen LogP contribution in [0.5, 0.6) is 0 Å². The van der Waals surface area contributed by atoms with Crippen molar-refractivity contribution in [3.8, 4) is 0 Å². The Bertz CT molecular complexity index is 684. The quantitative estimate of drug-likeness (QED) is 0.663. The molecule has 0 radical (unpaired) electrons. The lowest BCUT2D eigenvalue weighted by Crippen LogP contribution is -2.24. The lowest BCUT2D eigenvalue weighted by molar-refractivity contribution is -0.120. The van der Waals surface area contributed by atoms with E-state index in [1.165, 1.54) is 0 Å². The number of fused-ring (bicyclic) bond motifs is 1. The van der Waals surface area contributed by atoms with E-state index < -0.39 is 0 Å². The number of hydrogen-bond acceptors (Lipinski definition) is 2. The number of imidazole rings is 1. The molecular formula is C14H14N4O. The van der Waals surface area contributed by atoms with Gasteiger partial charge in [-0.05, 0) is 11.6 Å². The van der Waals surface area contributed by atoms with E-state index in [2.05, 4.69) is 20.3 Å². The van der Waals surface area contributed by atoms with Crippen LogP contribution in [0.25, 0.3) is 10.9 Å². The molecule has 0 saturated carbocycles. The second-order valence-corrected chi connectivity index (χ2v) is 4.39. The number of rotatable bonds is 4. The average molecular weight is 254 g/mol. The lowest BCUT2D eigenvalue weighted by atomic mass is 10.1. The van der Waals surface area contributed by atoms with Gasteiger partial charge in [0.05, 0.1) is 25.0 Å². The van der Waals surface area contributed by atoms with Crippen LogP contribution < -0.4 is 5.32 Å². The Labute approximate surface area is 110 Å². The molecule has 1 aromatic carbocycles. The zero-order valence-corrected chi connectivity index (χ0v) is 10.3. The predicted molar refractivity (Wildman–Crippen MR) is 72.4 cm³/mol. The lowest BCUT2D eigenvalue weighted by Gasteiger charge is -2.02. The molecule has 19 heavy (non-hydrogen) atoms. The van der Waals surface area contributed by atoms with Crippen molar-refractivity contribution in [3.05, 3.63) is 54.2 Å². The fourth-order valence-electron chi connectivity index (χ4n) is 2.09. The monoisotopic (exact) mass is 254 g/mol. The van der Waals surface area contributed by atoms with Crippen molar-refractivity contribution in [3.63, 3.8) is 0 Å². The first-order chi connectivity index (χ1) is 9.33. The third-order valence-corrected chi connectivity index (χ3v) is 3.06. The second-order valence-electron chi connectivity index (χ2n) is 4.39. The Morgan fingerprint density at radius 2 is 2.16 bits per heavy atom. The van der Waals surface area contributed by atoms with Crippen LogP contribution in [-0.4, -0.2) is 20.9 Å². The first-order valence-corrected chi connectivity index (χ1v) is 6.12. The van der Waals surface area contributed by atoms with Crippen LogP contribution in [0.3, 0.4) is 0 Å². The summed E-state index contributed by atoms with van der Waals surface area (Å²) >= 11 is 0. The van der Waals surface area contributed by atoms with Gasteiger partial charge in [0.1, 0.15) is 0 Å². The number of benzene rings is 1. The fraction of sp³-hybridized carbons (Fsp3) is 0.143. The molecule has 0 aliphatic carbocycles. The maximum atomic E-state index is 11.9. The predicted octanol–water partition coefficient (Wildman–Crippen LogP) is 1.75. The van der Waals surface area contributed by atoms with Crippen LogP contribution >= 0.6 is 0 Å². The van der Waals surface area contributed by atoms with Crippen molar-refractivity contribution >= 4 is 16.8 Å². The maximum Gasteiger partial charge on any atom is 0.224 e. The van der Waals surface area contributed by atoms with E-state index in [4.69, 9.17) is 0 Å². The number of hydrogen-bond donors (Lipinski definition) is 3. The molecule has 5 nitrogen and oxygen atoms in total. The van der Waals surface area contributed by atoms with Crippen LogP contribution in [0.15, 0.2) is 43.0 Å². The number of amides is 1. The summed E-state index contributed by atoms with van der Waals surface area (Å²) in [6.07, 6.45) is 5.56. The summed E-state index contributed by atoms with van der Waals surface area (Å²) in [6, 6.07) is 7.97. The molecule has 0 unspecified atom stereocenters. The molecule has 0 spiro atoms. The van der Waals surface area contributed by atoms with Crippen LogP contribution in [0.4, 0.5) is 0 Å². The van der Waals surface area contributed by atoms with E-state index >= 15 is 0 Å². The van der Waals surface area contributed by atoms with Crippen LogP contribution in [-0.2, 0) is 17.8 Å². The molecular weight excluding hydrogens is 240 g/mol. The summed E-state index contributed by atoms with van der Waals surface area (Å²) in [4.78, 5) is 21.9. The molecule has 3 aromatic rings. The van der Waals surface area contributed by atoms with Gasteiger partial charge in [-0.15, -0.1) is 0 Å². The van der Waals surface area contributed by atoms with Crippen molar-refractivity contribution in [1.82, 2.24) is 20.3 Å². The SMILES string of the molecule is O=C(Cc1c[nH]c2ccccc12)NCc1cnc[nH]1. The number of carbonyl (C=O) groups is 1. The van der Waals surface area contributed by atoms with Crippen molar-refractivity contribution in [2.45, 2.75) is 13.0 Å². The number of aromatic nitrogens is 3. The standard InChI is InChI=1S/C14H14N4O/c19-14(17-8-11-7-15-9-18-11)5-10-6-16-13-4-2-1-3-12(10)13/h1-4,6-7,9,16H,5,8H2,(H,15,18)(H,17,19). The van der Waals surface area contributed by atoms with E-state index in [0.29, 0.717) is 13.0 Å². The Kier molecular flexibility index (Phi) is 3.02. The molecule has 3 rings (SSSR count). The highest BCUT2D eigenvalue weighted by molar-refractivity contribution is 5.88. The smallest absolute Gasteiger partial charge is 0.224 e. The number of aromatic amines is 2. The van der Waals surface area contributed by atoms with Gasteiger partial charge in [0.2, 0.25) is 5.91 Å². The van der Waals surface area contributed by atoms with Crippen LogP contribution in [0.2, 0.25) is 0 Å². The van der Waals surface area contributed by atoms with Crippen molar-refractivity contribution in [2.75, 3.05) is 0 Å². The van der Waals surface area contributed by atoms with Gasteiger partial charge in [-0.1, -0.05) is 18.2 Å². The van der Waals surface area contributed by atoms with E-state index in [0.717, 1.165) is 22.2 Å². The number of H-pyrrole nitrogens is 2. The van der Waals surface area contributed by atoms with Gasteiger partial charge in [0, 0.05) is 23.3 Å². The number of nitrogens with zero attached hydrogens (tertiary/aromatic N) is 1. The molecule has 0 aliphatic heterocycles. The molecule has 0 bridgehead atoms. The molecule has 0 fully saturated rings. The molecule has 0 aliphatic rings. The molecule has 2 aromatic heterocycles. The Hall–Kier alpha value is -2.56. The van der Waals surface area contributed by atoms with Gasteiger partial charge in [-0.3, -0.25) is 4.79 Å². The van der Waals surface area contributed by atoms with Crippen molar-refractivity contribution in [1.29, 1.82) is 0 Å². The van der Waals surface area contributed by atoms with E-state index in [1.54, 1.807) is 12.5 Å². The number of para-hydroxylation sites is 1. The largest absolute Gasteiger partial charge is 0.361 e. The summed E-state index contributed by atoms with van der Waals surface area (Å²) < 4.78 is 0. The van der Waals surface area contributed by atoms with Gasteiger partial charge in [0.25, 0.3) is 0 Å². The molecule has 2 heterocycles. The molecule has 96 valence electrons. The molecule has 0 atom stereocenters. The summed E-state index contributed by atoms with van der Waals surface area (Å²) in [5, 5.41) is 3.96. The minimum absolute atomic E-state index is 0.000599. The normalized spacial score (nSPS) is 10.7. The third kappa shape index (κ3) is 2.49. The van der Waals surface area contributed by atoms with Crippen LogP contribution in [0, 0.1) is 0 Å².